The van der Waals surface area contributed by atoms with E-state index in [1.807, 2.05) is 29.2 Å². The number of hydrogen-bond donors (Lipinski definition) is 1. The number of amides is 3. The number of rotatable bonds is 8. The number of carbonyl (C=O) groups excluding carboxylic acids is 3. The van der Waals surface area contributed by atoms with Crippen LogP contribution in [0, 0.1) is 0 Å². The molecule has 3 aromatic carbocycles. The monoisotopic (exact) mass is 540 g/mol. The van der Waals surface area contributed by atoms with Crippen LogP contribution in [0.15, 0.2) is 60.7 Å². The minimum absolute atomic E-state index is 0.0835. The maximum absolute atomic E-state index is 13.1. The van der Waals surface area contributed by atoms with Gasteiger partial charge in [0, 0.05) is 67.9 Å². The number of carbonyl (C=O) groups is 3. The third-order valence-electron chi connectivity index (χ3n) is 7.00. The molecule has 39 heavy (non-hydrogen) atoms. The van der Waals surface area contributed by atoms with Crippen molar-refractivity contribution in [2.45, 2.75) is 12.9 Å². The maximum atomic E-state index is 13.1. The Morgan fingerprint density at radius 2 is 1.44 bits per heavy atom. The van der Waals surface area contributed by atoms with Crippen LogP contribution in [-0.4, -0.2) is 84.6 Å². The van der Waals surface area contributed by atoms with E-state index < -0.39 is 6.36 Å². The van der Waals surface area contributed by atoms with Gasteiger partial charge in [-0.25, -0.2) is 0 Å². The topological polar surface area (TPSA) is 82.2 Å². The lowest BCUT2D eigenvalue weighted by Gasteiger charge is -2.35. The molecule has 0 spiro atoms. The van der Waals surface area contributed by atoms with E-state index in [2.05, 4.69) is 15.0 Å². The maximum Gasteiger partial charge on any atom is 0.573 e. The molecule has 0 saturated carbocycles. The van der Waals surface area contributed by atoms with Gasteiger partial charge in [0.25, 0.3) is 11.8 Å². The molecule has 0 bridgehead atoms. The van der Waals surface area contributed by atoms with Gasteiger partial charge >= 0.3 is 6.36 Å². The van der Waals surface area contributed by atoms with Crippen LogP contribution in [0.2, 0.25) is 0 Å². The molecule has 3 amide bonds. The Bertz CT molecular complexity index is 1350. The highest BCUT2D eigenvalue weighted by molar-refractivity contribution is 6.25. The van der Waals surface area contributed by atoms with Crippen molar-refractivity contribution < 1.29 is 32.3 Å². The van der Waals surface area contributed by atoms with Gasteiger partial charge in [-0.1, -0.05) is 42.5 Å². The first kappa shape index (κ1) is 26.6. The second-order valence-electron chi connectivity index (χ2n) is 9.52. The Morgan fingerprint density at radius 1 is 0.821 bits per heavy atom. The summed E-state index contributed by atoms with van der Waals surface area (Å²) in [7, 11) is 0. The molecule has 5 rings (SSSR count). The molecule has 11 heteroatoms. The molecule has 8 nitrogen and oxygen atoms in total. The van der Waals surface area contributed by atoms with Crippen LogP contribution in [0.25, 0.3) is 10.8 Å². The molecule has 2 aliphatic heterocycles. The van der Waals surface area contributed by atoms with E-state index in [4.69, 9.17) is 0 Å². The largest absolute Gasteiger partial charge is 0.573 e. The Hall–Kier alpha value is -3.96. The first-order chi connectivity index (χ1) is 18.7. The molecule has 0 radical (unpaired) electrons. The number of imide groups is 1. The molecular formula is C28H27F3N4O4. The van der Waals surface area contributed by atoms with Gasteiger partial charge in [0.05, 0.1) is 6.54 Å². The van der Waals surface area contributed by atoms with Crippen LogP contribution in [0.4, 0.5) is 13.2 Å². The summed E-state index contributed by atoms with van der Waals surface area (Å²) in [6.45, 7) is 3.32. The molecule has 0 atom stereocenters. The van der Waals surface area contributed by atoms with Crippen LogP contribution in [0.3, 0.4) is 0 Å². The van der Waals surface area contributed by atoms with E-state index in [-0.39, 0.29) is 48.7 Å². The lowest BCUT2D eigenvalue weighted by molar-refractivity contribution is -0.274. The predicted molar refractivity (Wildman–Crippen MR) is 137 cm³/mol. The highest BCUT2D eigenvalue weighted by Gasteiger charge is 2.33. The minimum Gasteiger partial charge on any atom is -0.405 e. The molecule has 1 fully saturated rings. The van der Waals surface area contributed by atoms with Crippen LogP contribution < -0.4 is 10.1 Å². The number of nitrogens with zero attached hydrogens (tertiary/aromatic N) is 3. The summed E-state index contributed by atoms with van der Waals surface area (Å²) in [5.41, 5.74) is 1.30. The SMILES string of the molecule is O=C(CN1CCN(CCN2C(=O)c3cccc4cccc(c34)C2=O)CC1)NCc1ccccc1OC(F)(F)F. The lowest BCUT2D eigenvalue weighted by atomic mass is 9.94. The van der Waals surface area contributed by atoms with Crippen LogP contribution in [0.5, 0.6) is 5.75 Å². The summed E-state index contributed by atoms with van der Waals surface area (Å²) in [5.74, 6) is -1.23. The van der Waals surface area contributed by atoms with Crippen molar-refractivity contribution in [2.24, 2.45) is 0 Å². The van der Waals surface area contributed by atoms with Gasteiger partial charge in [0.1, 0.15) is 5.75 Å². The highest BCUT2D eigenvalue weighted by Crippen LogP contribution is 2.30. The number of benzene rings is 3. The second kappa shape index (κ2) is 11.0. The van der Waals surface area contributed by atoms with Gasteiger partial charge in [-0.05, 0) is 23.6 Å². The number of para-hydroxylation sites is 1. The molecule has 0 unspecified atom stereocenters. The molecule has 1 N–H and O–H groups in total. The average molecular weight is 541 g/mol. The summed E-state index contributed by atoms with van der Waals surface area (Å²) in [4.78, 5) is 44.0. The highest BCUT2D eigenvalue weighted by atomic mass is 19.4. The van der Waals surface area contributed by atoms with Crippen molar-refractivity contribution in [3.05, 3.63) is 77.4 Å². The summed E-state index contributed by atoms with van der Waals surface area (Å²) >= 11 is 0. The van der Waals surface area contributed by atoms with Crippen LogP contribution in [0.1, 0.15) is 26.3 Å². The molecular weight excluding hydrogens is 513 g/mol. The number of alkyl halides is 3. The van der Waals surface area contributed by atoms with Gasteiger partial charge < -0.3 is 10.1 Å². The number of nitrogens with one attached hydrogen (secondary N) is 1. The summed E-state index contributed by atoms with van der Waals surface area (Å²) < 4.78 is 41.9. The molecule has 2 aliphatic rings. The van der Waals surface area contributed by atoms with Gasteiger partial charge in [-0.15, -0.1) is 13.2 Å². The molecule has 0 aliphatic carbocycles. The summed E-state index contributed by atoms with van der Waals surface area (Å²) in [6, 6.07) is 16.6. The van der Waals surface area contributed by atoms with Gasteiger partial charge in [0.2, 0.25) is 5.91 Å². The predicted octanol–water partition coefficient (Wildman–Crippen LogP) is 3.27. The van der Waals surface area contributed by atoms with Gasteiger partial charge in [0.15, 0.2) is 0 Å². The minimum atomic E-state index is -4.81. The smallest absolute Gasteiger partial charge is 0.405 e. The summed E-state index contributed by atoms with van der Waals surface area (Å²) in [5, 5.41) is 4.22. The standard InChI is InChI=1S/C28H27F3N4O4/c29-28(30,31)39-23-10-2-1-5-20(23)17-32-24(36)18-34-13-11-33(12-14-34)15-16-35-26(37)21-8-3-6-19-7-4-9-22(25(19)21)27(35)38/h1-10H,11-18H2,(H,32,36). The lowest BCUT2D eigenvalue weighted by Crippen LogP contribution is -2.52. The quantitative estimate of drug-likeness (QED) is 0.442. The Labute approximate surface area is 222 Å². The molecule has 2 heterocycles. The average Bonchev–Trinajstić information content (AvgIpc) is 2.91. The van der Waals surface area contributed by atoms with E-state index >= 15 is 0 Å². The Morgan fingerprint density at radius 3 is 2.08 bits per heavy atom. The number of hydrogen-bond acceptors (Lipinski definition) is 6. The van der Waals surface area contributed by atoms with Crippen molar-refractivity contribution in [1.82, 2.24) is 20.0 Å². The zero-order chi connectivity index (χ0) is 27.6. The fourth-order valence-corrected chi connectivity index (χ4v) is 5.02. The Kier molecular flexibility index (Phi) is 7.53. The van der Waals surface area contributed by atoms with E-state index in [9.17, 15) is 27.6 Å². The van der Waals surface area contributed by atoms with Crippen molar-refractivity contribution in [2.75, 3.05) is 45.8 Å². The van der Waals surface area contributed by atoms with E-state index in [1.54, 1.807) is 18.2 Å². The van der Waals surface area contributed by atoms with Gasteiger partial charge in [-0.3, -0.25) is 29.1 Å². The second-order valence-corrected chi connectivity index (χ2v) is 9.52. The van der Waals surface area contributed by atoms with E-state index in [1.165, 1.54) is 23.1 Å². The summed E-state index contributed by atoms with van der Waals surface area (Å²) in [6.07, 6.45) is -4.81. The van der Waals surface area contributed by atoms with Crippen molar-refractivity contribution in [1.29, 1.82) is 0 Å². The molecule has 0 aromatic heterocycles. The number of ether oxygens (including phenoxy) is 1. The van der Waals surface area contributed by atoms with Crippen molar-refractivity contribution >= 4 is 28.5 Å². The van der Waals surface area contributed by atoms with Crippen LogP contribution >= 0.6 is 0 Å². The molecule has 3 aromatic rings. The fourth-order valence-electron chi connectivity index (χ4n) is 5.02. The first-order valence-electron chi connectivity index (χ1n) is 12.6. The number of halogens is 3. The number of piperazine rings is 1. The third-order valence-corrected chi connectivity index (χ3v) is 7.00. The van der Waals surface area contributed by atoms with E-state index in [0.717, 1.165) is 5.39 Å². The zero-order valence-corrected chi connectivity index (χ0v) is 21.0. The van der Waals surface area contributed by atoms with Crippen molar-refractivity contribution in [3.8, 4) is 5.75 Å². The molecule has 204 valence electrons. The zero-order valence-electron chi connectivity index (χ0n) is 21.0. The first-order valence-corrected chi connectivity index (χ1v) is 12.6. The third kappa shape index (κ3) is 6.04. The Balaban J connectivity index is 1.09. The fraction of sp³-hybridized carbons (Fsp3) is 0.321. The molecule has 1 saturated heterocycles. The van der Waals surface area contributed by atoms with E-state index in [0.29, 0.717) is 49.2 Å². The normalized spacial score (nSPS) is 16.5. The van der Waals surface area contributed by atoms with Crippen LogP contribution in [-0.2, 0) is 11.3 Å². The van der Waals surface area contributed by atoms with Crippen molar-refractivity contribution in [3.63, 3.8) is 0 Å². The van der Waals surface area contributed by atoms with Gasteiger partial charge in [-0.2, -0.15) is 0 Å².